The molecule has 3 rings (SSSR count). The van der Waals surface area contributed by atoms with Crippen molar-refractivity contribution in [2.24, 2.45) is 0 Å². The molecule has 1 fully saturated rings. The summed E-state index contributed by atoms with van der Waals surface area (Å²) in [5.41, 5.74) is 1.15. The SMILES string of the molecule is COC1CCC(c2nc3ccccc3s2)CC1. The molecule has 17 heavy (non-hydrogen) atoms. The van der Waals surface area contributed by atoms with Gasteiger partial charge in [-0.15, -0.1) is 11.3 Å². The summed E-state index contributed by atoms with van der Waals surface area (Å²) in [5.74, 6) is 0.652. The van der Waals surface area contributed by atoms with E-state index < -0.39 is 0 Å². The minimum atomic E-state index is 0.473. The Hall–Kier alpha value is -0.930. The Balaban J connectivity index is 1.80. The molecule has 0 bridgehead atoms. The van der Waals surface area contributed by atoms with Gasteiger partial charge in [-0.1, -0.05) is 12.1 Å². The van der Waals surface area contributed by atoms with Crippen molar-refractivity contribution >= 4 is 21.6 Å². The molecule has 0 N–H and O–H groups in total. The third kappa shape index (κ3) is 2.22. The number of hydrogen-bond donors (Lipinski definition) is 0. The summed E-state index contributed by atoms with van der Waals surface area (Å²) in [6.07, 6.45) is 5.27. The standard InChI is InChI=1S/C14H17NOS/c1-16-11-8-6-10(7-9-11)14-15-12-4-2-3-5-13(12)17-14/h2-5,10-11H,6-9H2,1H3. The number of para-hydroxylation sites is 1. The monoisotopic (exact) mass is 247 g/mol. The van der Waals surface area contributed by atoms with Gasteiger partial charge in [-0.3, -0.25) is 0 Å². The molecule has 0 saturated heterocycles. The van der Waals surface area contributed by atoms with Crippen LogP contribution >= 0.6 is 11.3 Å². The van der Waals surface area contributed by atoms with Crippen LogP contribution in [-0.4, -0.2) is 18.2 Å². The highest BCUT2D eigenvalue weighted by Crippen LogP contribution is 2.37. The van der Waals surface area contributed by atoms with Crippen LogP contribution < -0.4 is 0 Å². The van der Waals surface area contributed by atoms with Crippen LogP contribution in [0.3, 0.4) is 0 Å². The van der Waals surface area contributed by atoms with Crippen LogP contribution in [0.5, 0.6) is 0 Å². The first-order valence-corrected chi connectivity index (χ1v) is 7.06. The lowest BCUT2D eigenvalue weighted by Gasteiger charge is -2.26. The number of thiazole rings is 1. The average molecular weight is 247 g/mol. The molecule has 90 valence electrons. The summed E-state index contributed by atoms with van der Waals surface area (Å²) in [5, 5.41) is 1.32. The zero-order valence-electron chi connectivity index (χ0n) is 10.1. The van der Waals surface area contributed by atoms with Crippen molar-refractivity contribution in [1.82, 2.24) is 4.98 Å². The molecule has 1 aromatic carbocycles. The largest absolute Gasteiger partial charge is 0.381 e. The molecule has 0 radical (unpaired) electrons. The number of fused-ring (bicyclic) bond motifs is 1. The second-order valence-electron chi connectivity index (χ2n) is 4.73. The maximum absolute atomic E-state index is 5.42. The number of nitrogens with zero attached hydrogens (tertiary/aromatic N) is 1. The van der Waals surface area contributed by atoms with Gasteiger partial charge in [0.2, 0.25) is 0 Å². The highest BCUT2D eigenvalue weighted by Gasteiger charge is 2.24. The smallest absolute Gasteiger partial charge is 0.0969 e. The van der Waals surface area contributed by atoms with E-state index in [0.29, 0.717) is 12.0 Å². The molecule has 0 amide bonds. The molecule has 3 heteroatoms. The first-order valence-electron chi connectivity index (χ1n) is 6.25. The lowest BCUT2D eigenvalue weighted by atomic mass is 9.88. The highest BCUT2D eigenvalue weighted by atomic mass is 32.1. The zero-order chi connectivity index (χ0) is 11.7. The van der Waals surface area contributed by atoms with Gasteiger partial charge in [0.05, 0.1) is 21.3 Å². The van der Waals surface area contributed by atoms with Crippen molar-refractivity contribution in [3.05, 3.63) is 29.3 Å². The van der Waals surface area contributed by atoms with E-state index in [1.165, 1.54) is 35.4 Å². The second kappa shape index (κ2) is 4.75. The van der Waals surface area contributed by atoms with E-state index in [0.717, 1.165) is 5.52 Å². The molecule has 2 aromatic rings. The highest BCUT2D eigenvalue weighted by molar-refractivity contribution is 7.18. The van der Waals surface area contributed by atoms with Gasteiger partial charge in [0.25, 0.3) is 0 Å². The van der Waals surface area contributed by atoms with Crippen LogP contribution in [0.2, 0.25) is 0 Å². The predicted octanol–water partition coefficient (Wildman–Crippen LogP) is 3.97. The summed E-state index contributed by atoms with van der Waals surface area (Å²) in [6, 6.07) is 8.42. The number of rotatable bonds is 2. The number of ether oxygens (including phenoxy) is 1. The van der Waals surface area contributed by atoms with Crippen LogP contribution in [-0.2, 0) is 4.74 Å². The topological polar surface area (TPSA) is 22.1 Å². The average Bonchev–Trinajstić information content (AvgIpc) is 2.82. The maximum Gasteiger partial charge on any atom is 0.0969 e. The molecule has 0 atom stereocenters. The van der Waals surface area contributed by atoms with Gasteiger partial charge in [0, 0.05) is 13.0 Å². The van der Waals surface area contributed by atoms with E-state index >= 15 is 0 Å². The molecule has 2 nitrogen and oxygen atoms in total. The number of methoxy groups -OCH3 is 1. The van der Waals surface area contributed by atoms with Gasteiger partial charge in [0.1, 0.15) is 0 Å². The van der Waals surface area contributed by atoms with Gasteiger partial charge in [0.15, 0.2) is 0 Å². The molecule has 1 aliphatic carbocycles. The van der Waals surface area contributed by atoms with E-state index in [2.05, 4.69) is 24.3 Å². The van der Waals surface area contributed by atoms with Crippen molar-refractivity contribution in [3.63, 3.8) is 0 Å². The molecule has 1 saturated carbocycles. The second-order valence-corrected chi connectivity index (χ2v) is 5.79. The molecule has 0 aliphatic heterocycles. The summed E-state index contributed by atoms with van der Waals surface area (Å²) >= 11 is 1.86. The van der Waals surface area contributed by atoms with Crippen molar-refractivity contribution < 1.29 is 4.74 Å². The Morgan fingerprint density at radius 2 is 1.94 bits per heavy atom. The van der Waals surface area contributed by atoms with E-state index in [-0.39, 0.29) is 0 Å². The Morgan fingerprint density at radius 1 is 1.18 bits per heavy atom. The maximum atomic E-state index is 5.42. The van der Waals surface area contributed by atoms with E-state index in [4.69, 9.17) is 9.72 Å². The first kappa shape index (κ1) is 11.2. The quantitative estimate of drug-likeness (QED) is 0.801. The first-order chi connectivity index (χ1) is 8.36. The van der Waals surface area contributed by atoms with Gasteiger partial charge < -0.3 is 4.74 Å². The summed E-state index contributed by atoms with van der Waals surface area (Å²) in [4.78, 5) is 4.76. The molecule has 1 aromatic heterocycles. The molecule has 1 aliphatic rings. The molecule has 1 heterocycles. The normalized spacial score (nSPS) is 25.2. The van der Waals surface area contributed by atoms with Gasteiger partial charge in [-0.25, -0.2) is 4.98 Å². The van der Waals surface area contributed by atoms with Crippen molar-refractivity contribution in [1.29, 1.82) is 0 Å². The third-order valence-corrected chi connectivity index (χ3v) is 4.87. The number of aromatic nitrogens is 1. The van der Waals surface area contributed by atoms with Crippen LogP contribution in [0.4, 0.5) is 0 Å². The summed E-state index contributed by atoms with van der Waals surface area (Å²) in [7, 11) is 1.82. The van der Waals surface area contributed by atoms with E-state index in [9.17, 15) is 0 Å². The van der Waals surface area contributed by atoms with Crippen molar-refractivity contribution in [2.75, 3.05) is 7.11 Å². The van der Waals surface area contributed by atoms with Crippen molar-refractivity contribution in [3.8, 4) is 0 Å². The predicted molar refractivity (Wildman–Crippen MR) is 71.6 cm³/mol. The number of hydrogen-bond acceptors (Lipinski definition) is 3. The molecule has 0 unspecified atom stereocenters. The van der Waals surface area contributed by atoms with Gasteiger partial charge in [-0.05, 0) is 37.8 Å². The van der Waals surface area contributed by atoms with Crippen LogP contribution in [0.1, 0.15) is 36.6 Å². The molecular formula is C14H17NOS. The van der Waals surface area contributed by atoms with Gasteiger partial charge >= 0.3 is 0 Å². The summed E-state index contributed by atoms with van der Waals surface area (Å²) < 4.78 is 6.73. The van der Waals surface area contributed by atoms with Crippen LogP contribution in [0.15, 0.2) is 24.3 Å². The lowest BCUT2D eigenvalue weighted by Crippen LogP contribution is -2.19. The Bertz CT molecular complexity index is 467. The molecular weight excluding hydrogens is 230 g/mol. The van der Waals surface area contributed by atoms with E-state index in [1.54, 1.807) is 0 Å². The summed E-state index contributed by atoms with van der Waals surface area (Å²) in [6.45, 7) is 0. The zero-order valence-corrected chi connectivity index (χ0v) is 10.9. The Kier molecular flexibility index (Phi) is 3.12. The Morgan fingerprint density at radius 3 is 2.65 bits per heavy atom. The van der Waals surface area contributed by atoms with Crippen LogP contribution in [0, 0.1) is 0 Å². The van der Waals surface area contributed by atoms with Crippen molar-refractivity contribution in [2.45, 2.75) is 37.7 Å². The van der Waals surface area contributed by atoms with Gasteiger partial charge in [-0.2, -0.15) is 0 Å². The fourth-order valence-electron chi connectivity index (χ4n) is 2.61. The molecule has 0 spiro atoms. The minimum absolute atomic E-state index is 0.473. The van der Waals surface area contributed by atoms with Crippen LogP contribution in [0.25, 0.3) is 10.2 Å². The van der Waals surface area contributed by atoms with E-state index in [1.807, 2.05) is 18.4 Å². The third-order valence-electron chi connectivity index (χ3n) is 3.67. The fourth-order valence-corrected chi connectivity index (χ4v) is 3.75. The minimum Gasteiger partial charge on any atom is -0.381 e. The number of benzene rings is 1. The lowest BCUT2D eigenvalue weighted by molar-refractivity contribution is 0.0658. The Labute approximate surface area is 106 Å². The fraction of sp³-hybridized carbons (Fsp3) is 0.500.